The summed E-state index contributed by atoms with van der Waals surface area (Å²) in [4.78, 5) is 14.3. The monoisotopic (exact) mass is 248 g/mol. The number of carbonyl (C=O) groups is 1. The zero-order chi connectivity index (χ0) is 13.7. The van der Waals surface area contributed by atoms with Gasteiger partial charge in [0.25, 0.3) is 0 Å². The van der Waals surface area contributed by atoms with Gasteiger partial charge in [0.05, 0.1) is 5.92 Å². The smallest absolute Gasteiger partial charge is 0.229 e. The summed E-state index contributed by atoms with van der Waals surface area (Å²) in [5.41, 5.74) is 7.45. The third-order valence-electron chi connectivity index (χ3n) is 3.62. The first kappa shape index (κ1) is 14.6. The maximum absolute atomic E-state index is 12.4. The van der Waals surface area contributed by atoms with Crippen LogP contribution in [0.4, 0.5) is 5.69 Å². The third kappa shape index (κ3) is 3.25. The first-order valence-corrected chi connectivity index (χ1v) is 6.63. The summed E-state index contributed by atoms with van der Waals surface area (Å²) in [6, 6.07) is 7.89. The molecule has 0 aliphatic rings. The molecule has 1 atom stereocenters. The molecular formula is C15H24N2O. The molecule has 0 saturated heterocycles. The largest absolute Gasteiger partial charge is 0.399 e. The zero-order valence-corrected chi connectivity index (χ0v) is 11.8. The number of hydrogen-bond acceptors (Lipinski definition) is 2. The molecule has 1 aromatic rings. The lowest BCUT2D eigenvalue weighted by Gasteiger charge is -2.29. The standard InChI is InChI=1S/C15H24N2O/c1-5-14(6-2)17(4)15(18)11(3)12-8-7-9-13(16)10-12/h7-11,14H,5-6,16H2,1-4H3. The molecule has 1 aromatic carbocycles. The number of carbonyl (C=O) groups excluding carboxylic acids is 1. The number of nitrogens with two attached hydrogens (primary N) is 1. The molecule has 18 heavy (non-hydrogen) atoms. The molecule has 0 aliphatic carbocycles. The molecule has 0 aliphatic heterocycles. The van der Waals surface area contributed by atoms with E-state index in [0.717, 1.165) is 18.4 Å². The number of hydrogen-bond donors (Lipinski definition) is 1. The maximum Gasteiger partial charge on any atom is 0.229 e. The highest BCUT2D eigenvalue weighted by Crippen LogP contribution is 2.21. The minimum atomic E-state index is -0.140. The van der Waals surface area contributed by atoms with Crippen molar-refractivity contribution in [3.8, 4) is 0 Å². The summed E-state index contributed by atoms with van der Waals surface area (Å²) < 4.78 is 0. The normalized spacial score (nSPS) is 12.5. The molecule has 1 amide bonds. The Morgan fingerprint density at radius 1 is 1.33 bits per heavy atom. The van der Waals surface area contributed by atoms with Gasteiger partial charge in [-0.1, -0.05) is 26.0 Å². The van der Waals surface area contributed by atoms with Gasteiger partial charge in [0.15, 0.2) is 0 Å². The van der Waals surface area contributed by atoms with Crippen LogP contribution in [0.3, 0.4) is 0 Å². The Balaban J connectivity index is 2.83. The molecule has 1 unspecified atom stereocenters. The number of nitrogens with zero attached hydrogens (tertiary/aromatic N) is 1. The van der Waals surface area contributed by atoms with E-state index < -0.39 is 0 Å². The van der Waals surface area contributed by atoms with E-state index in [1.807, 2.05) is 43.1 Å². The fraction of sp³-hybridized carbons (Fsp3) is 0.533. The fourth-order valence-corrected chi connectivity index (χ4v) is 2.29. The van der Waals surface area contributed by atoms with Gasteiger partial charge >= 0.3 is 0 Å². The van der Waals surface area contributed by atoms with Crippen LogP contribution in [0.25, 0.3) is 0 Å². The SMILES string of the molecule is CCC(CC)N(C)C(=O)C(C)c1cccc(N)c1. The molecule has 3 nitrogen and oxygen atoms in total. The lowest BCUT2D eigenvalue weighted by molar-refractivity contribution is -0.133. The number of anilines is 1. The Kier molecular flexibility index (Phi) is 5.20. The van der Waals surface area contributed by atoms with Crippen molar-refractivity contribution in [1.82, 2.24) is 4.90 Å². The van der Waals surface area contributed by atoms with Crippen LogP contribution in [-0.2, 0) is 4.79 Å². The van der Waals surface area contributed by atoms with E-state index >= 15 is 0 Å². The van der Waals surface area contributed by atoms with Crippen LogP contribution in [-0.4, -0.2) is 23.9 Å². The van der Waals surface area contributed by atoms with Crippen LogP contribution < -0.4 is 5.73 Å². The molecule has 0 spiro atoms. The predicted molar refractivity (Wildman–Crippen MR) is 76.4 cm³/mol. The van der Waals surface area contributed by atoms with Crippen molar-refractivity contribution in [2.75, 3.05) is 12.8 Å². The van der Waals surface area contributed by atoms with Crippen LogP contribution in [0.2, 0.25) is 0 Å². The summed E-state index contributed by atoms with van der Waals surface area (Å²) in [6.45, 7) is 6.17. The summed E-state index contributed by atoms with van der Waals surface area (Å²) in [5.74, 6) is 0.0217. The molecule has 0 radical (unpaired) electrons. The molecule has 100 valence electrons. The van der Waals surface area contributed by atoms with Crippen molar-refractivity contribution in [3.05, 3.63) is 29.8 Å². The molecule has 0 heterocycles. The van der Waals surface area contributed by atoms with Gasteiger partial charge < -0.3 is 10.6 Å². The van der Waals surface area contributed by atoms with Gasteiger partial charge in [-0.2, -0.15) is 0 Å². The van der Waals surface area contributed by atoms with Crippen molar-refractivity contribution in [2.24, 2.45) is 0 Å². The van der Waals surface area contributed by atoms with Gasteiger partial charge in [-0.3, -0.25) is 4.79 Å². The van der Waals surface area contributed by atoms with E-state index in [1.54, 1.807) is 0 Å². The number of nitrogen functional groups attached to an aromatic ring is 1. The quantitative estimate of drug-likeness (QED) is 0.814. The van der Waals surface area contributed by atoms with Gasteiger partial charge in [0, 0.05) is 18.8 Å². The number of likely N-dealkylation sites (N-methyl/N-ethyl adjacent to an activating group) is 1. The molecular weight excluding hydrogens is 224 g/mol. The summed E-state index contributed by atoms with van der Waals surface area (Å²) in [7, 11) is 1.89. The predicted octanol–water partition coefficient (Wildman–Crippen LogP) is 3.02. The lowest BCUT2D eigenvalue weighted by atomic mass is 9.98. The van der Waals surface area contributed by atoms with Gasteiger partial charge in [-0.15, -0.1) is 0 Å². The van der Waals surface area contributed by atoms with Crippen molar-refractivity contribution in [3.63, 3.8) is 0 Å². The second-order valence-electron chi connectivity index (χ2n) is 4.81. The van der Waals surface area contributed by atoms with E-state index in [4.69, 9.17) is 5.73 Å². The van der Waals surface area contributed by atoms with Crippen molar-refractivity contribution >= 4 is 11.6 Å². The van der Waals surface area contributed by atoms with Crippen LogP contribution >= 0.6 is 0 Å². The fourth-order valence-electron chi connectivity index (χ4n) is 2.29. The lowest BCUT2D eigenvalue weighted by Crippen LogP contribution is -2.38. The van der Waals surface area contributed by atoms with Crippen LogP contribution in [0.1, 0.15) is 45.1 Å². The van der Waals surface area contributed by atoms with Crippen LogP contribution in [0.5, 0.6) is 0 Å². The Morgan fingerprint density at radius 2 is 1.94 bits per heavy atom. The Bertz CT molecular complexity index is 399. The summed E-state index contributed by atoms with van der Waals surface area (Å²) in [6.07, 6.45) is 1.98. The molecule has 0 fully saturated rings. The highest BCUT2D eigenvalue weighted by Gasteiger charge is 2.23. The second kappa shape index (κ2) is 6.43. The average molecular weight is 248 g/mol. The van der Waals surface area contributed by atoms with Crippen molar-refractivity contribution < 1.29 is 4.79 Å². The van der Waals surface area contributed by atoms with Crippen LogP contribution in [0, 0.1) is 0 Å². The van der Waals surface area contributed by atoms with Crippen molar-refractivity contribution in [1.29, 1.82) is 0 Å². The minimum Gasteiger partial charge on any atom is -0.399 e. The van der Waals surface area contributed by atoms with E-state index in [-0.39, 0.29) is 11.8 Å². The highest BCUT2D eigenvalue weighted by molar-refractivity contribution is 5.83. The van der Waals surface area contributed by atoms with E-state index in [1.165, 1.54) is 0 Å². The van der Waals surface area contributed by atoms with Crippen molar-refractivity contribution in [2.45, 2.75) is 45.6 Å². The number of benzene rings is 1. The van der Waals surface area contributed by atoms with E-state index in [0.29, 0.717) is 11.7 Å². The third-order valence-corrected chi connectivity index (χ3v) is 3.62. The first-order valence-electron chi connectivity index (χ1n) is 6.63. The van der Waals surface area contributed by atoms with Crippen LogP contribution in [0.15, 0.2) is 24.3 Å². The Morgan fingerprint density at radius 3 is 2.44 bits per heavy atom. The molecule has 2 N–H and O–H groups in total. The summed E-state index contributed by atoms with van der Waals surface area (Å²) >= 11 is 0. The molecule has 0 saturated carbocycles. The van der Waals surface area contributed by atoms with E-state index in [9.17, 15) is 4.79 Å². The minimum absolute atomic E-state index is 0.140. The van der Waals surface area contributed by atoms with Gasteiger partial charge in [-0.25, -0.2) is 0 Å². The second-order valence-corrected chi connectivity index (χ2v) is 4.81. The Hall–Kier alpha value is -1.51. The molecule has 0 aromatic heterocycles. The topological polar surface area (TPSA) is 46.3 Å². The molecule has 3 heteroatoms. The van der Waals surface area contributed by atoms with Gasteiger partial charge in [-0.05, 0) is 37.5 Å². The molecule has 1 rings (SSSR count). The van der Waals surface area contributed by atoms with Gasteiger partial charge in [0.1, 0.15) is 0 Å². The Labute approximate surface area is 110 Å². The first-order chi connectivity index (χ1) is 8.51. The number of rotatable bonds is 5. The summed E-state index contributed by atoms with van der Waals surface area (Å²) in [5, 5.41) is 0. The maximum atomic E-state index is 12.4. The zero-order valence-electron chi connectivity index (χ0n) is 11.8. The number of amides is 1. The average Bonchev–Trinajstić information content (AvgIpc) is 2.38. The van der Waals surface area contributed by atoms with E-state index in [2.05, 4.69) is 13.8 Å². The van der Waals surface area contributed by atoms with Gasteiger partial charge in [0.2, 0.25) is 5.91 Å². The highest BCUT2D eigenvalue weighted by atomic mass is 16.2. The molecule has 0 bridgehead atoms.